The van der Waals surface area contributed by atoms with Crippen LogP contribution in [0.25, 0.3) is 0 Å². The lowest BCUT2D eigenvalue weighted by molar-refractivity contribution is -0.142. The molecular formula is C14H18ClNO4. The first kappa shape index (κ1) is 16.5. The second-order valence-corrected chi connectivity index (χ2v) is 4.54. The van der Waals surface area contributed by atoms with Gasteiger partial charge in [0.15, 0.2) is 5.78 Å². The van der Waals surface area contributed by atoms with Gasteiger partial charge in [-0.15, -0.1) is 12.4 Å². The quantitative estimate of drug-likeness (QED) is 0.676. The molecule has 20 heavy (non-hydrogen) atoms. The molecule has 0 aliphatic carbocycles. The molecule has 0 bridgehead atoms. The third-order valence-corrected chi connectivity index (χ3v) is 3.14. The Balaban J connectivity index is 0.00000200. The minimum absolute atomic E-state index is 0. The van der Waals surface area contributed by atoms with Gasteiger partial charge in [-0.05, 0) is 31.2 Å². The highest BCUT2D eigenvalue weighted by atomic mass is 35.5. The molecule has 0 unspecified atom stereocenters. The van der Waals surface area contributed by atoms with Crippen molar-refractivity contribution in [1.82, 2.24) is 5.32 Å². The maximum atomic E-state index is 11.4. The van der Waals surface area contributed by atoms with Gasteiger partial charge in [0.05, 0.1) is 7.11 Å². The third-order valence-electron chi connectivity index (χ3n) is 3.14. The molecule has 5 nitrogen and oxygen atoms in total. The van der Waals surface area contributed by atoms with Crippen LogP contribution in [0, 0.1) is 0 Å². The predicted octanol–water partition coefficient (Wildman–Crippen LogP) is 1.59. The van der Waals surface area contributed by atoms with Gasteiger partial charge >= 0.3 is 5.97 Å². The highest BCUT2D eigenvalue weighted by Gasteiger charge is 2.31. The molecule has 1 N–H and O–H groups in total. The van der Waals surface area contributed by atoms with Crippen molar-refractivity contribution in [2.45, 2.75) is 25.5 Å². The highest BCUT2D eigenvalue weighted by molar-refractivity contribution is 5.94. The van der Waals surface area contributed by atoms with Crippen molar-refractivity contribution in [3.63, 3.8) is 0 Å². The van der Waals surface area contributed by atoms with Crippen LogP contribution >= 0.6 is 12.4 Å². The zero-order chi connectivity index (χ0) is 13.8. The molecule has 1 saturated heterocycles. The van der Waals surface area contributed by atoms with E-state index in [9.17, 15) is 9.59 Å². The lowest BCUT2D eigenvalue weighted by atomic mass is 10.1. The standard InChI is InChI=1S/C14H17NO4.ClH/c1-9(16)10-3-5-11(6-4-10)19-12-7-13(15-8-12)14(17)18-2;/h3-6,12-13,15H,7-8H2,1-2H3;1H/t12-,13+;/m1./s1. The summed E-state index contributed by atoms with van der Waals surface area (Å²) in [6.07, 6.45) is 0.522. The first-order chi connectivity index (χ1) is 9.10. The Hall–Kier alpha value is -1.59. The number of nitrogens with one attached hydrogen (secondary N) is 1. The van der Waals surface area contributed by atoms with Crippen LogP contribution in [-0.4, -0.2) is 37.6 Å². The fourth-order valence-corrected chi connectivity index (χ4v) is 2.08. The van der Waals surface area contributed by atoms with Crippen LogP contribution in [0.3, 0.4) is 0 Å². The predicted molar refractivity (Wildman–Crippen MR) is 76.5 cm³/mol. The Morgan fingerprint density at radius 2 is 1.90 bits per heavy atom. The zero-order valence-corrected chi connectivity index (χ0v) is 12.2. The SMILES string of the molecule is COC(=O)[C@@H]1C[C@@H](Oc2ccc(C(C)=O)cc2)CN1.Cl. The third kappa shape index (κ3) is 3.95. The molecule has 6 heteroatoms. The summed E-state index contributed by atoms with van der Waals surface area (Å²) in [5.41, 5.74) is 0.657. The highest BCUT2D eigenvalue weighted by Crippen LogP contribution is 2.18. The molecule has 2 rings (SSSR count). The Kier molecular flexibility index (Phi) is 5.98. The van der Waals surface area contributed by atoms with E-state index in [1.54, 1.807) is 24.3 Å². The smallest absolute Gasteiger partial charge is 0.323 e. The first-order valence-corrected chi connectivity index (χ1v) is 6.19. The lowest BCUT2D eigenvalue weighted by Crippen LogP contribution is -2.31. The number of halogens is 1. The number of methoxy groups -OCH3 is 1. The molecule has 1 fully saturated rings. The van der Waals surface area contributed by atoms with E-state index in [2.05, 4.69) is 10.1 Å². The average molecular weight is 300 g/mol. The van der Waals surface area contributed by atoms with Crippen molar-refractivity contribution in [3.8, 4) is 5.75 Å². The van der Waals surface area contributed by atoms with Crippen molar-refractivity contribution in [3.05, 3.63) is 29.8 Å². The summed E-state index contributed by atoms with van der Waals surface area (Å²) in [5, 5.41) is 3.05. The van der Waals surface area contributed by atoms with Gasteiger partial charge in [-0.1, -0.05) is 0 Å². The summed E-state index contributed by atoms with van der Waals surface area (Å²) < 4.78 is 10.4. The largest absolute Gasteiger partial charge is 0.489 e. The Morgan fingerprint density at radius 3 is 2.45 bits per heavy atom. The molecule has 1 heterocycles. The Bertz CT molecular complexity index is 475. The minimum Gasteiger partial charge on any atom is -0.489 e. The Morgan fingerprint density at radius 1 is 1.25 bits per heavy atom. The number of ether oxygens (including phenoxy) is 2. The van der Waals surface area contributed by atoms with Crippen LogP contribution in [-0.2, 0) is 9.53 Å². The van der Waals surface area contributed by atoms with Crippen LogP contribution in [0.4, 0.5) is 0 Å². The van der Waals surface area contributed by atoms with Crippen LogP contribution < -0.4 is 10.1 Å². The van der Waals surface area contributed by atoms with E-state index in [1.807, 2.05) is 0 Å². The number of carbonyl (C=O) groups excluding carboxylic acids is 2. The topological polar surface area (TPSA) is 64.6 Å². The molecule has 0 saturated carbocycles. The van der Waals surface area contributed by atoms with E-state index in [0.29, 0.717) is 24.3 Å². The summed E-state index contributed by atoms with van der Waals surface area (Å²) in [4.78, 5) is 22.5. The van der Waals surface area contributed by atoms with E-state index < -0.39 is 0 Å². The van der Waals surface area contributed by atoms with Gasteiger partial charge in [-0.2, -0.15) is 0 Å². The van der Waals surface area contributed by atoms with Crippen molar-refractivity contribution in [2.24, 2.45) is 0 Å². The first-order valence-electron chi connectivity index (χ1n) is 6.19. The normalized spacial score (nSPS) is 20.9. The summed E-state index contributed by atoms with van der Waals surface area (Å²) in [6, 6.07) is 6.70. The molecule has 1 aromatic rings. The number of carbonyl (C=O) groups is 2. The summed E-state index contributed by atoms with van der Waals surface area (Å²) in [7, 11) is 1.37. The molecule has 1 aliphatic rings. The number of rotatable bonds is 4. The van der Waals surface area contributed by atoms with Crippen molar-refractivity contribution in [2.75, 3.05) is 13.7 Å². The molecule has 0 aromatic heterocycles. The monoisotopic (exact) mass is 299 g/mol. The molecule has 110 valence electrons. The van der Waals surface area contributed by atoms with Gasteiger partial charge in [0, 0.05) is 18.5 Å². The van der Waals surface area contributed by atoms with Crippen molar-refractivity contribution < 1.29 is 19.1 Å². The minimum atomic E-state index is -0.300. The van der Waals surface area contributed by atoms with Crippen LogP contribution in [0.15, 0.2) is 24.3 Å². The van der Waals surface area contributed by atoms with E-state index >= 15 is 0 Å². The number of benzene rings is 1. The fraction of sp³-hybridized carbons (Fsp3) is 0.429. The second kappa shape index (κ2) is 7.26. The van der Waals surface area contributed by atoms with Gasteiger partial charge in [0.2, 0.25) is 0 Å². The van der Waals surface area contributed by atoms with Crippen LogP contribution in [0.5, 0.6) is 5.75 Å². The zero-order valence-electron chi connectivity index (χ0n) is 11.4. The number of Topliss-reactive ketones (excluding diaryl/α,β-unsaturated/α-hetero) is 1. The Labute approximate surface area is 124 Å². The van der Waals surface area contributed by atoms with E-state index in [0.717, 1.165) is 0 Å². The molecule has 2 atom stereocenters. The molecule has 1 aliphatic heterocycles. The van der Waals surface area contributed by atoms with Gasteiger partial charge in [0.1, 0.15) is 17.9 Å². The van der Waals surface area contributed by atoms with Crippen LogP contribution in [0.1, 0.15) is 23.7 Å². The van der Waals surface area contributed by atoms with Gasteiger partial charge in [0.25, 0.3) is 0 Å². The summed E-state index contributed by atoms with van der Waals surface area (Å²) in [5.74, 6) is 0.459. The number of esters is 1. The average Bonchev–Trinajstić information content (AvgIpc) is 2.87. The summed E-state index contributed by atoms with van der Waals surface area (Å²) in [6.45, 7) is 2.13. The molecule has 1 aromatic carbocycles. The maximum Gasteiger partial charge on any atom is 0.323 e. The van der Waals surface area contributed by atoms with Crippen molar-refractivity contribution >= 4 is 24.2 Å². The molecule has 0 radical (unpaired) electrons. The molecular weight excluding hydrogens is 282 g/mol. The lowest BCUT2D eigenvalue weighted by Gasteiger charge is -2.12. The second-order valence-electron chi connectivity index (χ2n) is 4.54. The maximum absolute atomic E-state index is 11.4. The van der Waals surface area contributed by atoms with E-state index in [1.165, 1.54) is 14.0 Å². The van der Waals surface area contributed by atoms with Crippen LogP contribution in [0.2, 0.25) is 0 Å². The van der Waals surface area contributed by atoms with Gasteiger partial charge < -0.3 is 14.8 Å². The summed E-state index contributed by atoms with van der Waals surface area (Å²) >= 11 is 0. The number of hydrogen-bond acceptors (Lipinski definition) is 5. The van der Waals surface area contributed by atoms with E-state index in [-0.39, 0.29) is 36.3 Å². The van der Waals surface area contributed by atoms with E-state index in [4.69, 9.17) is 4.74 Å². The van der Waals surface area contributed by atoms with Gasteiger partial charge in [-0.25, -0.2) is 0 Å². The molecule has 0 spiro atoms. The number of ketones is 1. The van der Waals surface area contributed by atoms with Gasteiger partial charge in [-0.3, -0.25) is 9.59 Å². The van der Waals surface area contributed by atoms with Crippen molar-refractivity contribution in [1.29, 1.82) is 0 Å². The molecule has 0 amide bonds. The number of hydrogen-bond donors (Lipinski definition) is 1. The fourth-order valence-electron chi connectivity index (χ4n) is 2.08.